The molecule has 0 radical (unpaired) electrons. The quantitative estimate of drug-likeness (QED) is 0.380. The number of hydrogen-bond donors (Lipinski definition) is 1. The number of amides is 1. The second kappa shape index (κ2) is 10.3. The van der Waals surface area contributed by atoms with Gasteiger partial charge in [-0.3, -0.25) is 4.79 Å². The molecule has 2 heterocycles. The van der Waals surface area contributed by atoms with Crippen molar-refractivity contribution in [3.05, 3.63) is 97.1 Å². The van der Waals surface area contributed by atoms with Gasteiger partial charge < -0.3 is 15.0 Å². The number of carbonyl (C=O) groups is 1. The van der Waals surface area contributed by atoms with Gasteiger partial charge in [0, 0.05) is 36.7 Å². The van der Waals surface area contributed by atoms with Crippen molar-refractivity contribution in [2.75, 3.05) is 23.3 Å². The molecule has 0 spiro atoms. The van der Waals surface area contributed by atoms with Gasteiger partial charge in [0.05, 0.1) is 5.92 Å². The number of nitrogens with zero attached hydrogens (tertiary/aromatic N) is 3. The Hall–Kier alpha value is -4.26. The molecule has 0 bridgehead atoms. The van der Waals surface area contributed by atoms with E-state index < -0.39 is 0 Å². The lowest BCUT2D eigenvalue weighted by molar-refractivity contribution is -0.120. The van der Waals surface area contributed by atoms with Crippen LogP contribution in [0.4, 0.5) is 16.0 Å². The molecule has 4 aromatic rings. The topological polar surface area (TPSA) is 67.3 Å². The fraction of sp³-hybridized carbons (Fsp3) is 0.179. The predicted molar refractivity (Wildman–Crippen MR) is 134 cm³/mol. The molecule has 35 heavy (non-hydrogen) atoms. The lowest BCUT2D eigenvalue weighted by Gasteiger charge is -2.32. The van der Waals surface area contributed by atoms with E-state index >= 15 is 0 Å². The number of hydrogen-bond acceptors (Lipinski definition) is 5. The number of benzene rings is 3. The van der Waals surface area contributed by atoms with Gasteiger partial charge in [0.15, 0.2) is 0 Å². The van der Waals surface area contributed by atoms with Crippen molar-refractivity contribution in [1.29, 1.82) is 0 Å². The number of para-hydroxylation sites is 1. The molecule has 1 aromatic heterocycles. The zero-order chi connectivity index (χ0) is 24.0. The standard InChI is InChI=1S/C28H25FN4O2/c29-23-8-4-6-20(16-23)22-17-30-28(31-18-22)33-15-5-7-21(19-33)27(34)32-24-11-13-26(14-12-24)35-25-9-2-1-3-10-25/h1-4,6,8-14,16-18,21H,5,7,15,19H2,(H,32,34)/t21-/m1/s1. The van der Waals surface area contributed by atoms with Gasteiger partial charge in [-0.15, -0.1) is 0 Å². The largest absolute Gasteiger partial charge is 0.457 e. The Bertz CT molecular complexity index is 1280. The monoisotopic (exact) mass is 468 g/mol. The Labute approximate surface area is 203 Å². The first kappa shape index (κ1) is 22.5. The molecule has 6 nitrogen and oxygen atoms in total. The molecule has 1 aliphatic heterocycles. The van der Waals surface area contributed by atoms with Crippen molar-refractivity contribution in [3.8, 4) is 22.6 Å². The third kappa shape index (κ3) is 5.63. The molecule has 0 saturated carbocycles. The number of piperidine rings is 1. The minimum atomic E-state index is -0.296. The summed E-state index contributed by atoms with van der Waals surface area (Å²) >= 11 is 0. The molecule has 3 aromatic carbocycles. The second-order valence-corrected chi connectivity index (χ2v) is 8.50. The van der Waals surface area contributed by atoms with Crippen molar-refractivity contribution in [2.45, 2.75) is 12.8 Å². The average molecular weight is 469 g/mol. The third-order valence-electron chi connectivity index (χ3n) is 5.97. The Morgan fingerprint density at radius 2 is 1.66 bits per heavy atom. The Balaban J connectivity index is 1.19. The molecule has 7 heteroatoms. The summed E-state index contributed by atoms with van der Waals surface area (Å²) in [5, 5.41) is 3.01. The highest BCUT2D eigenvalue weighted by Gasteiger charge is 2.27. The molecular formula is C28H25FN4O2. The molecule has 1 amide bonds. The summed E-state index contributed by atoms with van der Waals surface area (Å²) in [6.45, 7) is 1.33. The van der Waals surface area contributed by atoms with Gasteiger partial charge in [-0.2, -0.15) is 0 Å². The van der Waals surface area contributed by atoms with Crippen LogP contribution in [0, 0.1) is 11.7 Å². The molecule has 1 N–H and O–H groups in total. The summed E-state index contributed by atoms with van der Waals surface area (Å²) in [5.41, 5.74) is 2.20. The number of halogens is 1. The zero-order valence-corrected chi connectivity index (χ0v) is 19.1. The summed E-state index contributed by atoms with van der Waals surface area (Å²) < 4.78 is 19.3. The summed E-state index contributed by atoms with van der Waals surface area (Å²) in [5.74, 6) is 1.55. The van der Waals surface area contributed by atoms with Crippen LogP contribution in [0.5, 0.6) is 11.5 Å². The highest BCUT2D eigenvalue weighted by Crippen LogP contribution is 2.26. The Morgan fingerprint density at radius 1 is 0.914 bits per heavy atom. The SMILES string of the molecule is O=C(Nc1ccc(Oc2ccccc2)cc1)[C@@H]1CCCN(c2ncc(-c3cccc(F)c3)cn2)C1. The predicted octanol–water partition coefficient (Wildman–Crippen LogP) is 5.93. The highest BCUT2D eigenvalue weighted by molar-refractivity contribution is 5.93. The highest BCUT2D eigenvalue weighted by atomic mass is 19.1. The lowest BCUT2D eigenvalue weighted by atomic mass is 9.97. The number of aromatic nitrogens is 2. The average Bonchev–Trinajstić information content (AvgIpc) is 2.90. The third-order valence-corrected chi connectivity index (χ3v) is 5.97. The lowest BCUT2D eigenvalue weighted by Crippen LogP contribution is -2.41. The van der Waals surface area contributed by atoms with Crippen LogP contribution in [-0.2, 0) is 4.79 Å². The molecule has 5 rings (SSSR count). The van der Waals surface area contributed by atoms with E-state index in [1.54, 1.807) is 18.5 Å². The van der Waals surface area contributed by atoms with Crippen LogP contribution in [0.2, 0.25) is 0 Å². The second-order valence-electron chi connectivity index (χ2n) is 8.50. The number of nitrogens with one attached hydrogen (secondary N) is 1. The fourth-order valence-electron chi connectivity index (χ4n) is 4.15. The van der Waals surface area contributed by atoms with Gasteiger partial charge in [0.2, 0.25) is 11.9 Å². The number of rotatable bonds is 6. The summed E-state index contributed by atoms with van der Waals surface area (Å²) in [4.78, 5) is 23.9. The Morgan fingerprint density at radius 3 is 2.40 bits per heavy atom. The zero-order valence-electron chi connectivity index (χ0n) is 19.1. The molecule has 1 saturated heterocycles. The summed E-state index contributed by atoms with van der Waals surface area (Å²) in [6, 6.07) is 23.3. The van der Waals surface area contributed by atoms with Crippen LogP contribution in [0.3, 0.4) is 0 Å². The van der Waals surface area contributed by atoms with Crippen molar-refractivity contribution in [2.24, 2.45) is 5.92 Å². The molecule has 176 valence electrons. The van der Waals surface area contributed by atoms with E-state index in [1.165, 1.54) is 12.1 Å². The maximum absolute atomic E-state index is 13.5. The number of carbonyl (C=O) groups excluding carboxylic acids is 1. The molecule has 0 aliphatic carbocycles. The molecule has 0 unspecified atom stereocenters. The maximum atomic E-state index is 13.5. The van der Waals surface area contributed by atoms with E-state index in [-0.39, 0.29) is 17.6 Å². The normalized spacial score (nSPS) is 15.5. The van der Waals surface area contributed by atoms with Crippen LogP contribution >= 0.6 is 0 Å². The van der Waals surface area contributed by atoms with E-state index in [2.05, 4.69) is 15.3 Å². The van der Waals surface area contributed by atoms with Crippen molar-refractivity contribution in [3.63, 3.8) is 0 Å². The molecule has 1 fully saturated rings. The summed E-state index contributed by atoms with van der Waals surface area (Å²) in [6.07, 6.45) is 5.07. The molecule has 1 atom stereocenters. The van der Waals surface area contributed by atoms with E-state index in [0.717, 1.165) is 42.0 Å². The molecule has 1 aliphatic rings. The van der Waals surface area contributed by atoms with E-state index in [0.29, 0.717) is 18.2 Å². The van der Waals surface area contributed by atoms with Crippen LogP contribution in [0.1, 0.15) is 12.8 Å². The first-order chi connectivity index (χ1) is 17.1. The first-order valence-electron chi connectivity index (χ1n) is 11.6. The molecular weight excluding hydrogens is 443 g/mol. The van der Waals surface area contributed by atoms with Gasteiger partial charge in [0.1, 0.15) is 17.3 Å². The van der Waals surface area contributed by atoms with Crippen molar-refractivity contribution >= 4 is 17.5 Å². The maximum Gasteiger partial charge on any atom is 0.229 e. The van der Waals surface area contributed by atoms with Crippen LogP contribution in [-0.4, -0.2) is 29.0 Å². The smallest absolute Gasteiger partial charge is 0.229 e. The Kier molecular flexibility index (Phi) is 6.66. The minimum Gasteiger partial charge on any atom is -0.457 e. The van der Waals surface area contributed by atoms with Gasteiger partial charge >= 0.3 is 0 Å². The number of ether oxygens (including phenoxy) is 1. The van der Waals surface area contributed by atoms with Crippen molar-refractivity contribution in [1.82, 2.24) is 9.97 Å². The van der Waals surface area contributed by atoms with Gasteiger partial charge in [0.25, 0.3) is 0 Å². The van der Waals surface area contributed by atoms with Crippen LogP contribution < -0.4 is 15.0 Å². The fourth-order valence-corrected chi connectivity index (χ4v) is 4.15. The van der Waals surface area contributed by atoms with Crippen LogP contribution in [0.15, 0.2) is 91.3 Å². The van der Waals surface area contributed by atoms with Crippen LogP contribution in [0.25, 0.3) is 11.1 Å². The van der Waals surface area contributed by atoms with E-state index in [1.807, 2.05) is 65.6 Å². The van der Waals surface area contributed by atoms with Gasteiger partial charge in [-0.25, -0.2) is 14.4 Å². The van der Waals surface area contributed by atoms with Gasteiger partial charge in [-0.05, 0) is 66.9 Å². The van der Waals surface area contributed by atoms with E-state index in [4.69, 9.17) is 4.74 Å². The van der Waals surface area contributed by atoms with Crippen molar-refractivity contribution < 1.29 is 13.9 Å². The van der Waals surface area contributed by atoms with Gasteiger partial charge in [-0.1, -0.05) is 30.3 Å². The summed E-state index contributed by atoms with van der Waals surface area (Å²) in [7, 11) is 0. The van der Waals surface area contributed by atoms with E-state index in [9.17, 15) is 9.18 Å². The minimum absolute atomic E-state index is 0.0252. The number of anilines is 2. The first-order valence-corrected chi connectivity index (χ1v) is 11.6.